The fourth-order valence-electron chi connectivity index (χ4n) is 1.83. The highest BCUT2D eigenvalue weighted by Crippen LogP contribution is 2.24. The Morgan fingerprint density at radius 2 is 1.82 bits per heavy atom. The molecule has 0 aliphatic carbocycles. The van der Waals surface area contributed by atoms with Crippen LogP contribution >= 0.6 is 0 Å². The summed E-state index contributed by atoms with van der Waals surface area (Å²) in [5.41, 5.74) is 3.49. The van der Waals surface area contributed by atoms with Gasteiger partial charge >= 0.3 is 0 Å². The van der Waals surface area contributed by atoms with E-state index in [1.54, 1.807) is 6.20 Å². The number of aryl methyl sites for hydroxylation is 2. The molecule has 0 saturated heterocycles. The summed E-state index contributed by atoms with van der Waals surface area (Å²) in [4.78, 5) is 14.1. The van der Waals surface area contributed by atoms with E-state index in [0.717, 1.165) is 22.3 Å². The molecule has 1 N–H and O–H groups in total. The molecule has 0 amide bonds. The van der Waals surface area contributed by atoms with Crippen molar-refractivity contribution in [2.75, 3.05) is 0 Å². The predicted octanol–water partition coefficient (Wildman–Crippen LogP) is 2.53. The number of hydrogen-bond donors (Lipinski definition) is 1. The highest BCUT2D eigenvalue weighted by molar-refractivity contribution is 5.73. The maximum absolute atomic E-state index is 11.6. The monoisotopic (exact) mass is 224 g/mol. The minimum Gasteiger partial charge on any atom is -0.328 e. The molecule has 0 fully saturated rings. The fraction of sp³-hybridized carbons (Fsp3) is 0.143. The van der Waals surface area contributed by atoms with Crippen LogP contribution in [-0.4, -0.2) is 4.98 Å². The van der Waals surface area contributed by atoms with Crippen molar-refractivity contribution in [3.05, 3.63) is 57.5 Å². The SMILES string of the molecule is Cc1ccc(-c2c(C)c[nH]c(=O)c2C#N)cc1. The zero-order valence-corrected chi connectivity index (χ0v) is 9.74. The lowest BCUT2D eigenvalue weighted by molar-refractivity contribution is 1.18. The van der Waals surface area contributed by atoms with Gasteiger partial charge < -0.3 is 4.98 Å². The van der Waals surface area contributed by atoms with Gasteiger partial charge in [-0.2, -0.15) is 5.26 Å². The molecule has 0 saturated carbocycles. The van der Waals surface area contributed by atoms with Crippen molar-refractivity contribution < 1.29 is 0 Å². The van der Waals surface area contributed by atoms with E-state index in [9.17, 15) is 4.79 Å². The Labute approximate surface area is 99.4 Å². The molecule has 17 heavy (non-hydrogen) atoms. The van der Waals surface area contributed by atoms with Crippen LogP contribution in [0.25, 0.3) is 11.1 Å². The van der Waals surface area contributed by atoms with E-state index in [0.29, 0.717) is 0 Å². The molecule has 84 valence electrons. The largest absolute Gasteiger partial charge is 0.328 e. The number of aromatic amines is 1. The third-order valence-electron chi connectivity index (χ3n) is 2.74. The Kier molecular flexibility index (Phi) is 2.80. The van der Waals surface area contributed by atoms with Crippen molar-refractivity contribution in [1.82, 2.24) is 4.98 Å². The van der Waals surface area contributed by atoms with Gasteiger partial charge in [-0.1, -0.05) is 29.8 Å². The summed E-state index contributed by atoms with van der Waals surface area (Å²) in [6.07, 6.45) is 1.64. The van der Waals surface area contributed by atoms with Crippen molar-refractivity contribution in [1.29, 1.82) is 5.26 Å². The van der Waals surface area contributed by atoms with E-state index in [2.05, 4.69) is 4.98 Å². The molecule has 1 heterocycles. The fourth-order valence-corrected chi connectivity index (χ4v) is 1.83. The van der Waals surface area contributed by atoms with Crippen LogP contribution in [0.15, 0.2) is 35.3 Å². The van der Waals surface area contributed by atoms with Crippen molar-refractivity contribution in [3.63, 3.8) is 0 Å². The number of pyridine rings is 1. The first-order valence-corrected chi connectivity index (χ1v) is 5.33. The zero-order valence-electron chi connectivity index (χ0n) is 9.74. The Morgan fingerprint density at radius 1 is 1.18 bits per heavy atom. The predicted molar refractivity (Wildman–Crippen MR) is 66.7 cm³/mol. The highest BCUT2D eigenvalue weighted by Gasteiger charge is 2.11. The van der Waals surface area contributed by atoms with Gasteiger partial charge in [-0.15, -0.1) is 0 Å². The van der Waals surface area contributed by atoms with Crippen molar-refractivity contribution in [2.45, 2.75) is 13.8 Å². The molecular formula is C14H12N2O. The van der Waals surface area contributed by atoms with E-state index in [1.165, 1.54) is 0 Å². The summed E-state index contributed by atoms with van der Waals surface area (Å²) in [5, 5.41) is 9.07. The summed E-state index contributed by atoms with van der Waals surface area (Å²) < 4.78 is 0. The highest BCUT2D eigenvalue weighted by atomic mass is 16.1. The molecule has 0 atom stereocenters. The molecule has 0 aliphatic rings. The lowest BCUT2D eigenvalue weighted by Crippen LogP contribution is -2.12. The van der Waals surface area contributed by atoms with Gasteiger partial charge in [0.05, 0.1) is 0 Å². The van der Waals surface area contributed by atoms with Crippen LogP contribution in [0.3, 0.4) is 0 Å². The van der Waals surface area contributed by atoms with Gasteiger partial charge in [0.2, 0.25) is 0 Å². The van der Waals surface area contributed by atoms with Gasteiger partial charge in [0.25, 0.3) is 5.56 Å². The minimum atomic E-state index is -0.339. The second-order valence-corrected chi connectivity index (χ2v) is 4.03. The minimum absolute atomic E-state index is 0.175. The molecule has 3 heteroatoms. The van der Waals surface area contributed by atoms with Gasteiger partial charge in [0.1, 0.15) is 11.6 Å². The van der Waals surface area contributed by atoms with Gasteiger partial charge in [-0.25, -0.2) is 0 Å². The normalized spacial score (nSPS) is 9.94. The first kappa shape index (κ1) is 11.2. The van der Waals surface area contributed by atoms with E-state index in [1.807, 2.05) is 44.2 Å². The average Bonchev–Trinajstić information content (AvgIpc) is 2.33. The molecule has 0 spiro atoms. The van der Waals surface area contributed by atoms with Gasteiger partial charge in [0.15, 0.2) is 0 Å². The molecule has 0 bridgehead atoms. The summed E-state index contributed by atoms with van der Waals surface area (Å²) in [6.45, 7) is 3.88. The zero-order chi connectivity index (χ0) is 12.4. The Balaban J connectivity index is 2.75. The molecule has 2 rings (SSSR count). The summed E-state index contributed by atoms with van der Waals surface area (Å²) in [6, 6.07) is 9.77. The third kappa shape index (κ3) is 1.98. The quantitative estimate of drug-likeness (QED) is 0.809. The van der Waals surface area contributed by atoms with E-state index >= 15 is 0 Å². The number of aromatic nitrogens is 1. The van der Waals surface area contributed by atoms with E-state index in [4.69, 9.17) is 5.26 Å². The molecule has 0 aliphatic heterocycles. The Morgan fingerprint density at radius 3 is 2.41 bits per heavy atom. The van der Waals surface area contributed by atoms with E-state index in [-0.39, 0.29) is 11.1 Å². The number of nitrogens with zero attached hydrogens (tertiary/aromatic N) is 1. The summed E-state index contributed by atoms with van der Waals surface area (Å²) >= 11 is 0. The molecule has 3 nitrogen and oxygen atoms in total. The topological polar surface area (TPSA) is 56.6 Å². The van der Waals surface area contributed by atoms with Crippen LogP contribution in [0, 0.1) is 25.2 Å². The van der Waals surface area contributed by atoms with Crippen LogP contribution in [0.2, 0.25) is 0 Å². The average molecular weight is 224 g/mol. The molecule has 2 aromatic rings. The smallest absolute Gasteiger partial charge is 0.266 e. The number of rotatable bonds is 1. The second-order valence-electron chi connectivity index (χ2n) is 4.03. The van der Waals surface area contributed by atoms with Crippen LogP contribution in [-0.2, 0) is 0 Å². The Hall–Kier alpha value is -2.34. The summed E-state index contributed by atoms with van der Waals surface area (Å²) in [7, 11) is 0. The number of hydrogen-bond acceptors (Lipinski definition) is 2. The molecule has 1 aromatic heterocycles. The van der Waals surface area contributed by atoms with E-state index < -0.39 is 0 Å². The third-order valence-corrected chi connectivity index (χ3v) is 2.74. The Bertz CT molecular complexity index is 645. The maximum atomic E-state index is 11.6. The number of benzene rings is 1. The summed E-state index contributed by atoms with van der Waals surface area (Å²) in [5.74, 6) is 0. The first-order valence-electron chi connectivity index (χ1n) is 5.33. The van der Waals surface area contributed by atoms with Gasteiger partial charge in [-0.05, 0) is 25.0 Å². The lowest BCUT2D eigenvalue weighted by atomic mass is 9.97. The van der Waals surface area contributed by atoms with Crippen LogP contribution in [0.1, 0.15) is 16.7 Å². The number of nitrogens with one attached hydrogen (secondary N) is 1. The van der Waals surface area contributed by atoms with Gasteiger partial charge in [0, 0.05) is 11.8 Å². The first-order chi connectivity index (χ1) is 8.13. The molecule has 0 unspecified atom stereocenters. The van der Waals surface area contributed by atoms with Crippen LogP contribution in [0.4, 0.5) is 0 Å². The van der Waals surface area contributed by atoms with Gasteiger partial charge in [-0.3, -0.25) is 4.79 Å². The van der Waals surface area contributed by atoms with Crippen molar-refractivity contribution in [3.8, 4) is 17.2 Å². The molecule has 0 radical (unpaired) electrons. The lowest BCUT2D eigenvalue weighted by Gasteiger charge is -2.07. The molecule has 1 aromatic carbocycles. The second kappa shape index (κ2) is 4.26. The molecular weight excluding hydrogens is 212 g/mol. The maximum Gasteiger partial charge on any atom is 0.266 e. The van der Waals surface area contributed by atoms with Crippen molar-refractivity contribution >= 4 is 0 Å². The standard InChI is InChI=1S/C14H12N2O/c1-9-3-5-11(6-4-9)13-10(2)8-16-14(17)12(13)7-15/h3-6,8H,1-2H3,(H,16,17). The van der Waals surface area contributed by atoms with Crippen LogP contribution in [0.5, 0.6) is 0 Å². The van der Waals surface area contributed by atoms with Crippen molar-refractivity contribution in [2.24, 2.45) is 0 Å². The number of nitriles is 1. The van der Waals surface area contributed by atoms with Crippen LogP contribution < -0.4 is 5.56 Å². The number of H-pyrrole nitrogens is 1.